The number of hydrogen-bond donors (Lipinski definition) is 2. The van der Waals surface area contributed by atoms with Gasteiger partial charge in [-0.15, -0.1) is 0 Å². The first-order chi connectivity index (χ1) is 9.17. The molecule has 1 aliphatic heterocycles. The molecule has 0 saturated carbocycles. The zero-order valence-electron chi connectivity index (χ0n) is 13.2. The summed E-state index contributed by atoms with van der Waals surface area (Å²) in [4.78, 5) is 2.24. The largest absolute Gasteiger partial charge is 0.394 e. The van der Waals surface area contributed by atoms with E-state index in [4.69, 9.17) is 0 Å². The predicted molar refractivity (Wildman–Crippen MR) is 82.7 cm³/mol. The summed E-state index contributed by atoms with van der Waals surface area (Å²) in [5, 5.41) is 13.1. The van der Waals surface area contributed by atoms with Gasteiger partial charge in [-0.2, -0.15) is 0 Å². The third-order valence-corrected chi connectivity index (χ3v) is 5.66. The molecule has 1 aliphatic rings. The first-order valence-electron chi connectivity index (χ1n) is 7.50. The van der Waals surface area contributed by atoms with Gasteiger partial charge in [0.05, 0.1) is 18.1 Å². The summed E-state index contributed by atoms with van der Waals surface area (Å²) in [7, 11) is -2.86. The number of nitrogens with one attached hydrogen (secondary N) is 1. The molecule has 2 unspecified atom stereocenters. The normalized spacial score (nSPS) is 25.1. The number of rotatable bonds is 6. The van der Waals surface area contributed by atoms with E-state index in [-0.39, 0.29) is 23.9 Å². The van der Waals surface area contributed by atoms with E-state index in [0.29, 0.717) is 24.8 Å². The molecule has 0 spiro atoms. The lowest BCUT2D eigenvalue weighted by atomic mass is 9.92. The molecule has 120 valence electrons. The Morgan fingerprint density at radius 2 is 1.90 bits per heavy atom. The van der Waals surface area contributed by atoms with Crippen LogP contribution in [-0.2, 0) is 9.84 Å². The first-order valence-corrected chi connectivity index (χ1v) is 9.33. The van der Waals surface area contributed by atoms with E-state index in [1.54, 1.807) is 0 Å². The number of sulfone groups is 1. The summed E-state index contributed by atoms with van der Waals surface area (Å²) in [6, 6.07) is 0.565. The Kier molecular flexibility index (Phi) is 6.44. The number of hydrogen-bond acceptors (Lipinski definition) is 5. The monoisotopic (exact) mass is 306 g/mol. The molecule has 2 atom stereocenters. The van der Waals surface area contributed by atoms with E-state index in [1.165, 1.54) is 0 Å². The zero-order chi connectivity index (χ0) is 15.4. The van der Waals surface area contributed by atoms with Crippen LogP contribution in [0, 0.1) is 0 Å². The van der Waals surface area contributed by atoms with Crippen molar-refractivity contribution in [3.8, 4) is 0 Å². The van der Waals surface area contributed by atoms with Crippen LogP contribution in [0.2, 0.25) is 0 Å². The maximum absolute atomic E-state index is 11.6. The highest BCUT2D eigenvalue weighted by Gasteiger charge is 2.30. The Bertz CT molecular complexity index is 397. The van der Waals surface area contributed by atoms with Gasteiger partial charge in [0, 0.05) is 24.2 Å². The van der Waals surface area contributed by atoms with Gasteiger partial charge in [0.25, 0.3) is 0 Å². The predicted octanol–water partition coefficient (Wildman–Crippen LogP) is 0.635. The third-order valence-electron chi connectivity index (χ3n) is 3.95. The lowest BCUT2D eigenvalue weighted by Crippen LogP contribution is -2.53. The van der Waals surface area contributed by atoms with Crippen molar-refractivity contribution in [3.63, 3.8) is 0 Å². The summed E-state index contributed by atoms with van der Waals surface area (Å²) in [5.74, 6) is 0.558. The molecule has 6 heteroatoms. The molecule has 0 radical (unpaired) electrons. The van der Waals surface area contributed by atoms with E-state index in [2.05, 4.69) is 31.0 Å². The van der Waals surface area contributed by atoms with Crippen LogP contribution in [0.25, 0.3) is 0 Å². The summed E-state index contributed by atoms with van der Waals surface area (Å²) < 4.78 is 23.3. The minimum Gasteiger partial charge on any atom is -0.394 e. The van der Waals surface area contributed by atoms with Gasteiger partial charge in [-0.3, -0.25) is 4.90 Å². The Morgan fingerprint density at radius 3 is 2.45 bits per heavy atom. The summed E-state index contributed by atoms with van der Waals surface area (Å²) in [5.41, 5.74) is -0.321. The van der Waals surface area contributed by atoms with Crippen LogP contribution in [0.15, 0.2) is 0 Å². The van der Waals surface area contributed by atoms with Gasteiger partial charge >= 0.3 is 0 Å². The standard InChI is InChI=1S/C14H30N2O3S/c1-12(2)15-14(4,11-17)10-13(3)16-6-5-8-20(18,19)9-7-16/h12-13,15,17H,5-11H2,1-4H3. The van der Waals surface area contributed by atoms with Crippen LogP contribution in [0.1, 0.15) is 40.5 Å². The molecule has 1 fully saturated rings. The summed E-state index contributed by atoms with van der Waals surface area (Å²) in [6.45, 7) is 9.79. The molecule has 0 aromatic heterocycles. The molecular formula is C14H30N2O3S. The fourth-order valence-corrected chi connectivity index (χ4v) is 4.33. The molecule has 20 heavy (non-hydrogen) atoms. The van der Waals surface area contributed by atoms with Gasteiger partial charge in [-0.25, -0.2) is 8.42 Å². The van der Waals surface area contributed by atoms with Crippen LogP contribution in [0.3, 0.4) is 0 Å². The Morgan fingerprint density at radius 1 is 1.25 bits per heavy atom. The first kappa shape index (κ1) is 17.9. The van der Waals surface area contributed by atoms with Gasteiger partial charge in [0.1, 0.15) is 0 Å². The third kappa shape index (κ3) is 5.68. The molecule has 0 amide bonds. The van der Waals surface area contributed by atoms with Crippen LogP contribution >= 0.6 is 0 Å². The number of aliphatic hydroxyl groups excluding tert-OH is 1. The van der Waals surface area contributed by atoms with Gasteiger partial charge in [0.2, 0.25) is 0 Å². The fourth-order valence-electron chi connectivity index (χ4n) is 3.05. The molecule has 1 heterocycles. The summed E-state index contributed by atoms with van der Waals surface area (Å²) >= 11 is 0. The molecule has 0 aromatic carbocycles. The molecule has 1 rings (SSSR count). The Balaban J connectivity index is 2.62. The quantitative estimate of drug-likeness (QED) is 0.753. The van der Waals surface area contributed by atoms with E-state index >= 15 is 0 Å². The second kappa shape index (κ2) is 7.20. The number of aliphatic hydroxyl groups is 1. The fraction of sp³-hybridized carbons (Fsp3) is 1.00. The topological polar surface area (TPSA) is 69.6 Å². The molecule has 1 saturated heterocycles. The molecule has 0 bridgehead atoms. The highest BCUT2D eigenvalue weighted by atomic mass is 32.2. The minimum absolute atomic E-state index is 0.0850. The maximum Gasteiger partial charge on any atom is 0.151 e. The van der Waals surface area contributed by atoms with Crippen LogP contribution < -0.4 is 5.32 Å². The van der Waals surface area contributed by atoms with Crippen molar-refractivity contribution in [2.45, 2.75) is 58.2 Å². The summed E-state index contributed by atoms with van der Waals surface area (Å²) in [6.07, 6.45) is 1.52. The lowest BCUT2D eigenvalue weighted by Gasteiger charge is -2.37. The number of nitrogens with zero attached hydrogens (tertiary/aromatic N) is 1. The molecule has 5 nitrogen and oxygen atoms in total. The Labute approximate surface area is 123 Å². The van der Waals surface area contributed by atoms with Gasteiger partial charge < -0.3 is 10.4 Å². The van der Waals surface area contributed by atoms with Crippen molar-refractivity contribution in [3.05, 3.63) is 0 Å². The van der Waals surface area contributed by atoms with E-state index in [9.17, 15) is 13.5 Å². The second-order valence-corrected chi connectivity index (χ2v) is 8.92. The minimum atomic E-state index is -2.86. The average Bonchev–Trinajstić information content (AvgIpc) is 2.49. The van der Waals surface area contributed by atoms with Gasteiger partial charge in [0.15, 0.2) is 9.84 Å². The molecule has 0 aliphatic carbocycles. The van der Waals surface area contributed by atoms with Crippen molar-refractivity contribution < 1.29 is 13.5 Å². The van der Waals surface area contributed by atoms with Gasteiger partial charge in [-0.1, -0.05) is 13.8 Å². The maximum atomic E-state index is 11.6. The molecular weight excluding hydrogens is 276 g/mol. The van der Waals surface area contributed by atoms with Crippen LogP contribution in [0.5, 0.6) is 0 Å². The second-order valence-electron chi connectivity index (χ2n) is 6.61. The van der Waals surface area contributed by atoms with E-state index in [1.807, 2.05) is 6.92 Å². The van der Waals surface area contributed by atoms with E-state index < -0.39 is 9.84 Å². The lowest BCUT2D eigenvalue weighted by molar-refractivity contribution is 0.112. The van der Waals surface area contributed by atoms with Crippen molar-refractivity contribution >= 4 is 9.84 Å². The van der Waals surface area contributed by atoms with Crippen LogP contribution in [0.4, 0.5) is 0 Å². The highest BCUT2D eigenvalue weighted by Crippen LogP contribution is 2.19. The van der Waals surface area contributed by atoms with E-state index in [0.717, 1.165) is 13.0 Å². The van der Waals surface area contributed by atoms with Crippen molar-refractivity contribution in [1.29, 1.82) is 0 Å². The van der Waals surface area contributed by atoms with Crippen molar-refractivity contribution in [2.75, 3.05) is 31.2 Å². The van der Waals surface area contributed by atoms with Crippen molar-refractivity contribution in [2.24, 2.45) is 0 Å². The van der Waals surface area contributed by atoms with Crippen LogP contribution in [-0.4, -0.2) is 67.2 Å². The van der Waals surface area contributed by atoms with Crippen molar-refractivity contribution in [1.82, 2.24) is 10.2 Å². The Hall–Kier alpha value is -0.170. The molecule has 2 N–H and O–H groups in total. The smallest absolute Gasteiger partial charge is 0.151 e. The van der Waals surface area contributed by atoms with Gasteiger partial charge in [-0.05, 0) is 33.2 Å². The SMILES string of the molecule is CC(C)NC(C)(CO)CC(C)N1CCCS(=O)(=O)CC1. The highest BCUT2D eigenvalue weighted by molar-refractivity contribution is 7.91. The average molecular weight is 306 g/mol. The zero-order valence-corrected chi connectivity index (χ0v) is 14.0. The molecule has 0 aromatic rings.